The number of aromatic nitrogens is 1. The maximum Gasteiger partial charge on any atom is 0.243 e. The molecule has 1 atom stereocenters. The highest BCUT2D eigenvalue weighted by Crippen LogP contribution is 2.34. The molecule has 0 radical (unpaired) electrons. The molecular formula is C19H16Cl3N3O2S. The van der Waals surface area contributed by atoms with Gasteiger partial charge in [-0.15, -0.1) is 0 Å². The summed E-state index contributed by atoms with van der Waals surface area (Å²) in [6.45, 7) is 1.26. The lowest BCUT2D eigenvalue weighted by Gasteiger charge is -2.21. The molecule has 9 heteroatoms. The molecule has 0 amide bonds. The van der Waals surface area contributed by atoms with E-state index in [-0.39, 0.29) is 26.0 Å². The second-order valence-electron chi connectivity index (χ2n) is 6.60. The number of hydrogen-bond donors (Lipinski definition) is 1. The van der Waals surface area contributed by atoms with E-state index in [4.69, 9.17) is 34.8 Å². The van der Waals surface area contributed by atoms with Gasteiger partial charge in [0.1, 0.15) is 4.90 Å². The van der Waals surface area contributed by atoms with E-state index in [1.54, 1.807) is 6.20 Å². The molecule has 2 heterocycles. The summed E-state index contributed by atoms with van der Waals surface area (Å²) in [6, 6.07) is 12.3. The predicted molar refractivity (Wildman–Crippen MR) is 114 cm³/mol. The van der Waals surface area contributed by atoms with E-state index in [1.807, 2.05) is 30.3 Å². The van der Waals surface area contributed by atoms with Crippen molar-refractivity contribution in [1.82, 2.24) is 9.71 Å². The van der Waals surface area contributed by atoms with Gasteiger partial charge in [-0.3, -0.25) is 4.98 Å². The van der Waals surface area contributed by atoms with Gasteiger partial charge in [0.05, 0.1) is 15.6 Å². The fourth-order valence-corrected chi connectivity index (χ4v) is 6.31. The van der Waals surface area contributed by atoms with Gasteiger partial charge in [-0.1, -0.05) is 40.9 Å². The van der Waals surface area contributed by atoms with E-state index in [0.29, 0.717) is 13.0 Å². The van der Waals surface area contributed by atoms with Crippen LogP contribution in [0.1, 0.15) is 6.42 Å². The number of rotatable bonds is 4. The molecule has 1 fully saturated rings. The summed E-state index contributed by atoms with van der Waals surface area (Å²) in [4.78, 5) is 6.39. The Morgan fingerprint density at radius 1 is 1.07 bits per heavy atom. The molecule has 1 aliphatic heterocycles. The van der Waals surface area contributed by atoms with Gasteiger partial charge < -0.3 is 4.90 Å². The van der Waals surface area contributed by atoms with Crippen LogP contribution in [0.5, 0.6) is 0 Å². The Labute approximate surface area is 178 Å². The second kappa shape index (κ2) is 7.69. The highest BCUT2D eigenvalue weighted by atomic mass is 35.5. The Bertz CT molecular complexity index is 1130. The lowest BCUT2D eigenvalue weighted by Crippen LogP contribution is -2.37. The van der Waals surface area contributed by atoms with Crippen LogP contribution in [-0.2, 0) is 10.0 Å². The first-order valence-corrected chi connectivity index (χ1v) is 11.2. The van der Waals surface area contributed by atoms with Crippen molar-refractivity contribution in [2.24, 2.45) is 0 Å². The van der Waals surface area contributed by atoms with Crippen molar-refractivity contribution in [2.75, 3.05) is 18.0 Å². The summed E-state index contributed by atoms with van der Waals surface area (Å²) < 4.78 is 28.4. The van der Waals surface area contributed by atoms with Crippen LogP contribution in [0, 0.1) is 0 Å². The molecule has 28 heavy (non-hydrogen) atoms. The smallest absolute Gasteiger partial charge is 0.243 e. The van der Waals surface area contributed by atoms with E-state index in [9.17, 15) is 8.42 Å². The van der Waals surface area contributed by atoms with Crippen LogP contribution in [0.2, 0.25) is 15.1 Å². The van der Waals surface area contributed by atoms with Crippen LogP contribution in [0.25, 0.3) is 10.9 Å². The third-order valence-electron chi connectivity index (χ3n) is 4.71. The summed E-state index contributed by atoms with van der Waals surface area (Å²) in [7, 11) is -3.88. The van der Waals surface area contributed by atoms with Crippen molar-refractivity contribution in [3.8, 4) is 0 Å². The van der Waals surface area contributed by atoms with Crippen molar-refractivity contribution in [2.45, 2.75) is 17.4 Å². The summed E-state index contributed by atoms with van der Waals surface area (Å²) in [5, 5.41) is 1.32. The minimum atomic E-state index is -3.88. The summed E-state index contributed by atoms with van der Waals surface area (Å²) >= 11 is 18.1. The first kappa shape index (κ1) is 19.7. The normalized spacial score (nSPS) is 17.4. The zero-order valence-electron chi connectivity index (χ0n) is 14.6. The number of fused-ring (bicyclic) bond motifs is 1. The second-order valence-corrected chi connectivity index (χ2v) is 9.50. The summed E-state index contributed by atoms with van der Waals surface area (Å²) in [6.07, 6.45) is 2.42. The first-order valence-electron chi connectivity index (χ1n) is 8.61. The maximum atomic E-state index is 12.8. The Morgan fingerprint density at radius 2 is 1.82 bits per heavy atom. The number of halogens is 3. The van der Waals surface area contributed by atoms with Gasteiger partial charge in [0.2, 0.25) is 10.0 Å². The maximum absolute atomic E-state index is 12.8. The average Bonchev–Trinajstić information content (AvgIpc) is 3.07. The van der Waals surface area contributed by atoms with Crippen LogP contribution in [-0.4, -0.2) is 32.5 Å². The van der Waals surface area contributed by atoms with Gasteiger partial charge >= 0.3 is 0 Å². The van der Waals surface area contributed by atoms with Gasteiger partial charge in [0.15, 0.2) is 0 Å². The predicted octanol–water partition coefficient (Wildman–Crippen LogP) is 4.75. The molecule has 1 saturated heterocycles. The molecule has 0 aliphatic carbocycles. The lowest BCUT2D eigenvalue weighted by molar-refractivity contribution is 0.561. The summed E-state index contributed by atoms with van der Waals surface area (Å²) in [5.41, 5.74) is 1.94. The van der Waals surface area contributed by atoms with Crippen molar-refractivity contribution >= 4 is 61.4 Å². The number of nitrogens with zero attached hydrogens (tertiary/aromatic N) is 2. The SMILES string of the molecule is O=S(=O)(NC1CCN(c2cccc3ncccc23)C1)c1c(Cl)cc(Cl)cc1Cl. The molecule has 0 bridgehead atoms. The number of sulfonamides is 1. The molecule has 1 aromatic heterocycles. The highest BCUT2D eigenvalue weighted by molar-refractivity contribution is 7.89. The van der Waals surface area contributed by atoms with E-state index >= 15 is 0 Å². The van der Waals surface area contributed by atoms with Gasteiger partial charge in [-0.2, -0.15) is 0 Å². The number of pyridine rings is 1. The summed E-state index contributed by atoms with van der Waals surface area (Å²) in [5.74, 6) is 0. The van der Waals surface area contributed by atoms with E-state index in [1.165, 1.54) is 12.1 Å². The molecule has 5 nitrogen and oxygen atoms in total. The van der Waals surface area contributed by atoms with Gasteiger partial charge in [0, 0.05) is 41.4 Å². The number of hydrogen-bond acceptors (Lipinski definition) is 4. The first-order chi connectivity index (χ1) is 13.3. The molecule has 1 aliphatic rings. The number of benzene rings is 2. The van der Waals surface area contributed by atoms with Crippen LogP contribution < -0.4 is 9.62 Å². The van der Waals surface area contributed by atoms with E-state index < -0.39 is 10.0 Å². The van der Waals surface area contributed by atoms with Crippen molar-refractivity contribution in [3.05, 3.63) is 63.7 Å². The zero-order chi connectivity index (χ0) is 19.9. The third kappa shape index (κ3) is 3.80. The van der Waals surface area contributed by atoms with E-state index in [0.717, 1.165) is 23.1 Å². The van der Waals surface area contributed by atoms with Crippen molar-refractivity contribution in [3.63, 3.8) is 0 Å². The Hall–Kier alpha value is -1.57. The largest absolute Gasteiger partial charge is 0.369 e. The fraction of sp³-hybridized carbons (Fsp3) is 0.211. The Kier molecular flexibility index (Phi) is 5.42. The molecule has 2 aromatic carbocycles. The fourth-order valence-electron chi connectivity index (χ4n) is 3.50. The lowest BCUT2D eigenvalue weighted by atomic mass is 10.1. The van der Waals surface area contributed by atoms with Crippen LogP contribution in [0.15, 0.2) is 53.6 Å². The number of anilines is 1. The molecule has 4 rings (SSSR count). The van der Waals surface area contributed by atoms with Crippen molar-refractivity contribution < 1.29 is 8.42 Å². The molecule has 0 saturated carbocycles. The van der Waals surface area contributed by atoms with Crippen LogP contribution in [0.3, 0.4) is 0 Å². The number of nitrogens with one attached hydrogen (secondary N) is 1. The monoisotopic (exact) mass is 455 g/mol. The molecule has 146 valence electrons. The van der Waals surface area contributed by atoms with Gasteiger partial charge in [-0.25, -0.2) is 13.1 Å². The third-order valence-corrected chi connectivity index (χ3v) is 7.36. The average molecular weight is 457 g/mol. The zero-order valence-corrected chi connectivity index (χ0v) is 17.7. The standard InChI is InChI=1S/C19H16Cl3N3O2S/c20-12-9-15(21)19(16(22)10-12)28(26,27)24-13-6-8-25(11-13)18-5-1-4-17-14(18)3-2-7-23-17/h1-5,7,9-10,13,24H,6,8,11H2. The quantitative estimate of drug-likeness (QED) is 0.615. The minimum Gasteiger partial charge on any atom is -0.369 e. The molecule has 0 spiro atoms. The molecule has 1 unspecified atom stereocenters. The van der Waals surface area contributed by atoms with Gasteiger partial charge in [-0.05, 0) is 42.8 Å². The topological polar surface area (TPSA) is 62.3 Å². The Balaban J connectivity index is 1.57. The van der Waals surface area contributed by atoms with Gasteiger partial charge in [0.25, 0.3) is 0 Å². The van der Waals surface area contributed by atoms with Crippen LogP contribution in [0.4, 0.5) is 5.69 Å². The Morgan fingerprint density at radius 3 is 2.57 bits per heavy atom. The van der Waals surface area contributed by atoms with E-state index in [2.05, 4.69) is 14.6 Å². The molecule has 3 aromatic rings. The molecule has 1 N–H and O–H groups in total. The van der Waals surface area contributed by atoms with Crippen molar-refractivity contribution in [1.29, 1.82) is 0 Å². The minimum absolute atomic E-state index is 0.0000177. The van der Waals surface area contributed by atoms with Crippen LogP contribution >= 0.6 is 34.8 Å². The molecular weight excluding hydrogens is 441 g/mol. The highest BCUT2D eigenvalue weighted by Gasteiger charge is 2.30.